The number of hydrogen-bond donors (Lipinski definition) is 1. The summed E-state index contributed by atoms with van der Waals surface area (Å²) < 4.78 is 0. The Balaban J connectivity index is 2.20. The number of rotatable bonds is 4. The number of halogens is 2. The third-order valence-corrected chi connectivity index (χ3v) is 3.82. The smallest absolute Gasteiger partial charge is 0.267 e. The van der Waals surface area contributed by atoms with Gasteiger partial charge in [0.1, 0.15) is 0 Å². The molecule has 0 atom stereocenters. The van der Waals surface area contributed by atoms with E-state index in [1.165, 1.54) is 6.07 Å². The number of hydrogen-bond acceptors (Lipinski definition) is 2. The van der Waals surface area contributed by atoms with Crippen molar-refractivity contribution in [2.24, 2.45) is 11.0 Å². The molecule has 0 radical (unpaired) electrons. The highest BCUT2D eigenvalue weighted by Crippen LogP contribution is 2.22. The van der Waals surface area contributed by atoms with E-state index in [1.807, 2.05) is 44.2 Å². The molecule has 2 rings (SSSR count). The lowest BCUT2D eigenvalue weighted by Gasteiger charge is -2.11. The molecule has 5 heteroatoms. The number of nitrogens with zero attached hydrogens (tertiary/aromatic N) is 1. The fourth-order valence-electron chi connectivity index (χ4n) is 1.95. The minimum absolute atomic E-state index is 0.177. The van der Waals surface area contributed by atoms with Crippen molar-refractivity contribution < 1.29 is 4.79 Å². The van der Waals surface area contributed by atoms with Gasteiger partial charge < -0.3 is 0 Å². The molecule has 1 amide bonds. The average molecular weight is 335 g/mol. The zero-order valence-electron chi connectivity index (χ0n) is 12.3. The molecule has 3 nitrogen and oxygen atoms in total. The first-order valence-corrected chi connectivity index (χ1v) is 7.63. The second-order valence-electron chi connectivity index (χ2n) is 5.09. The molecular weight excluding hydrogens is 319 g/mol. The van der Waals surface area contributed by atoms with E-state index in [0.29, 0.717) is 15.6 Å². The standard InChI is InChI=1S/C17H16Cl2N2O/c1-11(2)16(12-6-4-3-5-7-12)20-21-17(22)13-8-9-14(18)15(19)10-13/h3-11H,1-2H3,(H,21,22). The van der Waals surface area contributed by atoms with E-state index in [0.717, 1.165) is 11.3 Å². The van der Waals surface area contributed by atoms with E-state index in [1.54, 1.807) is 12.1 Å². The SMILES string of the molecule is CC(C)C(=NNC(=O)c1ccc(Cl)c(Cl)c1)c1ccccc1. The second kappa shape index (κ2) is 7.43. The number of nitrogens with one attached hydrogen (secondary N) is 1. The predicted octanol–water partition coefficient (Wildman–Crippen LogP) is 4.78. The largest absolute Gasteiger partial charge is 0.271 e. The normalized spacial score (nSPS) is 11.6. The van der Waals surface area contributed by atoms with E-state index >= 15 is 0 Å². The van der Waals surface area contributed by atoms with E-state index in [2.05, 4.69) is 10.5 Å². The number of amides is 1. The summed E-state index contributed by atoms with van der Waals surface area (Å²) in [6.45, 7) is 4.05. The summed E-state index contributed by atoms with van der Waals surface area (Å²) >= 11 is 11.8. The Morgan fingerprint density at radius 3 is 2.27 bits per heavy atom. The molecule has 2 aromatic rings. The summed E-state index contributed by atoms with van der Waals surface area (Å²) in [6.07, 6.45) is 0. The van der Waals surface area contributed by atoms with Crippen LogP contribution in [0.15, 0.2) is 53.6 Å². The van der Waals surface area contributed by atoms with Crippen molar-refractivity contribution >= 4 is 34.8 Å². The minimum Gasteiger partial charge on any atom is -0.267 e. The molecule has 0 aliphatic heterocycles. The van der Waals surface area contributed by atoms with Crippen molar-refractivity contribution in [1.29, 1.82) is 0 Å². The molecule has 0 aliphatic rings. The lowest BCUT2D eigenvalue weighted by Crippen LogP contribution is -2.22. The molecule has 1 N–H and O–H groups in total. The first-order valence-electron chi connectivity index (χ1n) is 6.87. The predicted molar refractivity (Wildman–Crippen MR) is 91.7 cm³/mol. The van der Waals surface area contributed by atoms with Crippen molar-refractivity contribution in [1.82, 2.24) is 5.43 Å². The highest BCUT2D eigenvalue weighted by atomic mass is 35.5. The van der Waals surface area contributed by atoms with Gasteiger partial charge in [0.2, 0.25) is 0 Å². The Bertz CT molecular complexity index is 697. The van der Waals surface area contributed by atoms with Crippen molar-refractivity contribution in [3.63, 3.8) is 0 Å². The van der Waals surface area contributed by atoms with Gasteiger partial charge in [0.05, 0.1) is 15.8 Å². The van der Waals surface area contributed by atoms with Crippen LogP contribution in [0.3, 0.4) is 0 Å². The van der Waals surface area contributed by atoms with Crippen LogP contribution in [0.2, 0.25) is 10.0 Å². The molecule has 0 fully saturated rings. The topological polar surface area (TPSA) is 41.5 Å². The van der Waals surface area contributed by atoms with Crippen LogP contribution in [-0.2, 0) is 0 Å². The van der Waals surface area contributed by atoms with Gasteiger partial charge in [-0.2, -0.15) is 5.10 Å². The molecule has 22 heavy (non-hydrogen) atoms. The van der Waals surface area contributed by atoms with Crippen LogP contribution in [0.5, 0.6) is 0 Å². The number of carbonyl (C=O) groups is 1. The molecule has 0 aromatic heterocycles. The maximum absolute atomic E-state index is 12.1. The Morgan fingerprint density at radius 1 is 1.00 bits per heavy atom. The summed E-state index contributed by atoms with van der Waals surface area (Å²) in [7, 11) is 0. The maximum atomic E-state index is 12.1. The summed E-state index contributed by atoms with van der Waals surface area (Å²) in [5.74, 6) is -0.149. The third-order valence-electron chi connectivity index (χ3n) is 3.08. The highest BCUT2D eigenvalue weighted by Gasteiger charge is 2.11. The molecule has 0 spiro atoms. The first kappa shape index (κ1) is 16.5. The summed E-state index contributed by atoms with van der Waals surface area (Å²) in [4.78, 5) is 12.1. The summed E-state index contributed by atoms with van der Waals surface area (Å²) in [5, 5.41) is 5.01. The van der Waals surface area contributed by atoms with Crippen molar-refractivity contribution in [3.05, 3.63) is 69.7 Å². The van der Waals surface area contributed by atoms with Crippen LogP contribution in [0, 0.1) is 5.92 Å². The minimum atomic E-state index is -0.326. The molecule has 114 valence electrons. The first-order chi connectivity index (χ1) is 10.5. The van der Waals surface area contributed by atoms with Gasteiger partial charge in [-0.1, -0.05) is 67.4 Å². The van der Waals surface area contributed by atoms with Crippen LogP contribution >= 0.6 is 23.2 Å². The Kier molecular flexibility index (Phi) is 5.58. The van der Waals surface area contributed by atoms with Gasteiger partial charge in [-0.25, -0.2) is 5.43 Å². The van der Waals surface area contributed by atoms with Crippen LogP contribution in [0.4, 0.5) is 0 Å². The Labute approximate surface area is 139 Å². The number of hydrazone groups is 1. The van der Waals surface area contributed by atoms with Crippen molar-refractivity contribution in [3.8, 4) is 0 Å². The van der Waals surface area contributed by atoms with E-state index in [9.17, 15) is 4.79 Å². The monoisotopic (exact) mass is 334 g/mol. The summed E-state index contributed by atoms with van der Waals surface area (Å²) in [5.41, 5.74) is 4.78. The van der Waals surface area contributed by atoms with Gasteiger partial charge in [0, 0.05) is 5.56 Å². The molecule has 0 unspecified atom stereocenters. The van der Waals surface area contributed by atoms with Crippen LogP contribution in [0.25, 0.3) is 0 Å². The zero-order chi connectivity index (χ0) is 16.1. The molecule has 0 saturated carbocycles. The lowest BCUT2D eigenvalue weighted by atomic mass is 10.0. The van der Waals surface area contributed by atoms with Gasteiger partial charge in [-0.3, -0.25) is 4.79 Å². The van der Waals surface area contributed by atoms with E-state index < -0.39 is 0 Å². The van der Waals surface area contributed by atoms with Crippen molar-refractivity contribution in [2.45, 2.75) is 13.8 Å². The van der Waals surface area contributed by atoms with E-state index in [4.69, 9.17) is 23.2 Å². The fraction of sp³-hybridized carbons (Fsp3) is 0.176. The van der Waals surface area contributed by atoms with Crippen LogP contribution in [0.1, 0.15) is 29.8 Å². The van der Waals surface area contributed by atoms with Gasteiger partial charge in [0.25, 0.3) is 5.91 Å². The molecular formula is C17H16Cl2N2O. The van der Waals surface area contributed by atoms with Gasteiger partial charge in [-0.05, 0) is 29.7 Å². The number of benzene rings is 2. The highest BCUT2D eigenvalue weighted by molar-refractivity contribution is 6.42. The lowest BCUT2D eigenvalue weighted by molar-refractivity contribution is 0.0954. The van der Waals surface area contributed by atoms with Gasteiger partial charge in [-0.15, -0.1) is 0 Å². The van der Waals surface area contributed by atoms with Crippen LogP contribution < -0.4 is 5.43 Å². The van der Waals surface area contributed by atoms with Gasteiger partial charge >= 0.3 is 0 Å². The fourth-order valence-corrected chi connectivity index (χ4v) is 2.25. The zero-order valence-corrected chi connectivity index (χ0v) is 13.8. The van der Waals surface area contributed by atoms with Crippen molar-refractivity contribution in [2.75, 3.05) is 0 Å². The average Bonchev–Trinajstić information content (AvgIpc) is 2.50. The summed E-state index contributed by atoms with van der Waals surface area (Å²) in [6, 6.07) is 14.5. The maximum Gasteiger partial charge on any atom is 0.271 e. The van der Waals surface area contributed by atoms with Crippen LogP contribution in [-0.4, -0.2) is 11.6 Å². The second-order valence-corrected chi connectivity index (χ2v) is 5.90. The molecule has 0 heterocycles. The third kappa shape index (κ3) is 4.09. The Morgan fingerprint density at radius 2 is 1.68 bits per heavy atom. The Hall–Kier alpha value is -1.84. The molecule has 2 aromatic carbocycles. The van der Waals surface area contributed by atoms with E-state index in [-0.39, 0.29) is 11.8 Å². The number of carbonyl (C=O) groups excluding carboxylic acids is 1. The molecule has 0 bridgehead atoms. The quantitative estimate of drug-likeness (QED) is 0.634. The molecule has 0 saturated heterocycles. The van der Waals surface area contributed by atoms with Gasteiger partial charge in [0.15, 0.2) is 0 Å². The molecule has 0 aliphatic carbocycles.